The number of nitrogens with zero attached hydrogens (tertiary/aromatic N) is 4. The summed E-state index contributed by atoms with van der Waals surface area (Å²) >= 11 is 9.85. The van der Waals surface area contributed by atoms with Gasteiger partial charge in [-0.2, -0.15) is 4.98 Å². The molecule has 8 nitrogen and oxygen atoms in total. The van der Waals surface area contributed by atoms with Crippen LogP contribution in [0.1, 0.15) is 0 Å². The number of piperazine rings is 1. The molecule has 0 unspecified atom stereocenters. The average molecular weight is 580 g/mol. The van der Waals surface area contributed by atoms with Crippen molar-refractivity contribution < 1.29 is 9.30 Å². The molecule has 0 bridgehead atoms. The van der Waals surface area contributed by atoms with E-state index in [9.17, 15) is 4.57 Å². The van der Waals surface area contributed by atoms with Crippen LogP contribution < -0.4 is 25.6 Å². The minimum absolute atomic E-state index is 0.351. The van der Waals surface area contributed by atoms with Gasteiger partial charge in [-0.3, -0.25) is 0 Å². The zero-order chi connectivity index (χ0) is 25.2. The zero-order valence-corrected chi connectivity index (χ0v) is 23.4. The molecule has 0 aliphatic carbocycles. The first-order valence-corrected chi connectivity index (χ1v) is 14.9. The Balaban J connectivity index is 1.58. The highest BCUT2D eigenvalue weighted by molar-refractivity contribution is 9.10. The predicted octanol–water partition coefficient (Wildman–Crippen LogP) is 5.39. The van der Waals surface area contributed by atoms with E-state index in [2.05, 4.69) is 59.4 Å². The lowest BCUT2D eigenvalue weighted by Gasteiger charge is -2.34. The van der Waals surface area contributed by atoms with E-state index in [1.807, 2.05) is 30.3 Å². The Morgan fingerprint density at radius 1 is 1.06 bits per heavy atom. The summed E-state index contributed by atoms with van der Waals surface area (Å²) < 4.78 is 19.3. The molecule has 1 aliphatic heterocycles. The minimum Gasteiger partial charge on any atom is -0.494 e. The van der Waals surface area contributed by atoms with E-state index in [4.69, 9.17) is 16.3 Å². The first kappa shape index (κ1) is 25.8. The van der Waals surface area contributed by atoms with Gasteiger partial charge in [-0.15, -0.1) is 0 Å². The highest BCUT2D eigenvalue weighted by atomic mass is 79.9. The molecule has 186 valence electrons. The molecule has 1 saturated heterocycles. The van der Waals surface area contributed by atoms with Gasteiger partial charge in [-0.05, 0) is 50.7 Å². The van der Waals surface area contributed by atoms with Crippen molar-refractivity contribution in [3.8, 4) is 5.75 Å². The van der Waals surface area contributed by atoms with E-state index in [0.717, 1.165) is 42.0 Å². The number of ether oxygens (including phenoxy) is 1. The summed E-state index contributed by atoms with van der Waals surface area (Å²) in [7, 11) is 1.24. The van der Waals surface area contributed by atoms with Crippen LogP contribution in [0.2, 0.25) is 5.02 Å². The Hall–Kier alpha value is -2.32. The number of nitrogens with one attached hydrogen (secondary N) is 2. The van der Waals surface area contributed by atoms with Gasteiger partial charge in [-0.25, -0.2) is 4.98 Å². The van der Waals surface area contributed by atoms with Crippen LogP contribution in [0.5, 0.6) is 5.75 Å². The predicted molar refractivity (Wildman–Crippen MR) is 150 cm³/mol. The third-order valence-corrected chi connectivity index (χ3v) is 8.14. The molecular weight excluding hydrogens is 551 g/mol. The van der Waals surface area contributed by atoms with Crippen molar-refractivity contribution in [1.82, 2.24) is 14.9 Å². The Labute approximate surface area is 219 Å². The number of anilines is 5. The van der Waals surface area contributed by atoms with Crippen LogP contribution in [-0.2, 0) is 4.57 Å². The molecule has 0 radical (unpaired) electrons. The molecule has 0 spiro atoms. The van der Waals surface area contributed by atoms with Gasteiger partial charge in [0.25, 0.3) is 0 Å². The zero-order valence-electron chi connectivity index (χ0n) is 20.2. The second-order valence-corrected chi connectivity index (χ2v) is 13.3. The molecule has 1 aromatic heterocycles. The van der Waals surface area contributed by atoms with Crippen LogP contribution in [-0.4, -0.2) is 68.5 Å². The molecule has 1 aliphatic rings. The van der Waals surface area contributed by atoms with Crippen molar-refractivity contribution in [2.75, 3.05) is 69.2 Å². The lowest BCUT2D eigenvalue weighted by atomic mass is 10.2. The van der Waals surface area contributed by atoms with E-state index < -0.39 is 7.14 Å². The third kappa shape index (κ3) is 6.28. The normalized spacial score (nSPS) is 14.6. The van der Waals surface area contributed by atoms with E-state index in [0.29, 0.717) is 33.5 Å². The molecule has 11 heteroatoms. The van der Waals surface area contributed by atoms with Crippen LogP contribution in [0, 0.1) is 0 Å². The molecule has 2 N–H and O–H groups in total. The van der Waals surface area contributed by atoms with Crippen LogP contribution in [0.25, 0.3) is 0 Å². The second kappa shape index (κ2) is 10.7. The van der Waals surface area contributed by atoms with Crippen molar-refractivity contribution in [2.45, 2.75) is 0 Å². The van der Waals surface area contributed by atoms with Crippen LogP contribution in [0.15, 0.2) is 47.1 Å². The fourth-order valence-corrected chi connectivity index (χ4v) is 5.70. The number of benzene rings is 2. The minimum atomic E-state index is -2.55. The first-order valence-electron chi connectivity index (χ1n) is 11.2. The maximum Gasteiger partial charge on any atom is 0.229 e. The maximum absolute atomic E-state index is 12.8. The molecule has 4 rings (SSSR count). The molecule has 0 atom stereocenters. The van der Waals surface area contributed by atoms with Gasteiger partial charge in [-0.1, -0.05) is 27.5 Å². The average Bonchev–Trinajstić information content (AvgIpc) is 2.82. The highest BCUT2D eigenvalue weighted by Crippen LogP contribution is 2.40. The van der Waals surface area contributed by atoms with E-state index >= 15 is 0 Å². The Kier molecular flexibility index (Phi) is 7.91. The molecule has 1 fully saturated rings. The standard InChI is InChI=1S/C24H29BrClN6O2P/c1-31-9-11-32(12-10-31)17-6-8-19(21(14-17)34-2)29-24-27-15-18(26)23(30-24)28-20-7-5-16(25)13-22(20)35(3,4)33/h5-8,13-15H,9-12H2,1-4H3,(H2,27,28,29,30). The van der Waals surface area contributed by atoms with E-state index in [1.165, 1.54) is 6.20 Å². The summed E-state index contributed by atoms with van der Waals surface area (Å²) in [6.45, 7) is 7.47. The van der Waals surface area contributed by atoms with Crippen molar-refractivity contribution in [3.63, 3.8) is 0 Å². The number of methoxy groups -OCH3 is 1. The number of rotatable bonds is 7. The first-order chi connectivity index (χ1) is 16.6. The van der Waals surface area contributed by atoms with Crippen LogP contribution in [0.4, 0.5) is 28.8 Å². The quantitative estimate of drug-likeness (QED) is 0.361. The molecule has 2 aromatic carbocycles. The molecular formula is C24H29BrClN6O2P. The molecule has 2 heterocycles. The summed E-state index contributed by atoms with van der Waals surface area (Å²) in [4.78, 5) is 13.6. The second-order valence-electron chi connectivity index (χ2n) is 8.83. The smallest absolute Gasteiger partial charge is 0.229 e. The lowest BCUT2D eigenvalue weighted by Crippen LogP contribution is -2.44. The van der Waals surface area contributed by atoms with Crippen LogP contribution in [0.3, 0.4) is 0 Å². The topological polar surface area (TPSA) is 82.6 Å². The Morgan fingerprint density at radius 3 is 2.46 bits per heavy atom. The molecule has 35 heavy (non-hydrogen) atoms. The Morgan fingerprint density at radius 2 is 1.77 bits per heavy atom. The number of halogens is 2. The summed E-state index contributed by atoms with van der Waals surface area (Å²) in [5.41, 5.74) is 2.54. The van der Waals surface area contributed by atoms with Crippen LogP contribution >= 0.6 is 34.7 Å². The van der Waals surface area contributed by atoms with Gasteiger partial charge >= 0.3 is 0 Å². The number of likely N-dealkylation sites (N-methyl/N-ethyl adjacent to an activating group) is 1. The highest BCUT2D eigenvalue weighted by Gasteiger charge is 2.19. The number of aromatic nitrogens is 2. The molecule has 3 aromatic rings. The fraction of sp³-hybridized carbons (Fsp3) is 0.333. The monoisotopic (exact) mass is 578 g/mol. The summed E-state index contributed by atoms with van der Waals surface area (Å²) in [5, 5.41) is 7.52. The maximum atomic E-state index is 12.8. The van der Waals surface area contributed by atoms with Gasteiger partial charge in [0, 0.05) is 47.7 Å². The third-order valence-electron chi connectivity index (χ3n) is 5.84. The van der Waals surface area contributed by atoms with Gasteiger partial charge in [0.15, 0.2) is 5.82 Å². The van der Waals surface area contributed by atoms with Gasteiger partial charge in [0.1, 0.15) is 17.9 Å². The fourth-order valence-electron chi connectivity index (χ4n) is 3.86. The van der Waals surface area contributed by atoms with Gasteiger partial charge in [0.05, 0.1) is 24.7 Å². The summed E-state index contributed by atoms with van der Waals surface area (Å²) in [5.74, 6) is 1.47. The van der Waals surface area contributed by atoms with Crippen molar-refractivity contribution in [2.24, 2.45) is 0 Å². The SMILES string of the molecule is COc1cc(N2CCN(C)CC2)ccc1Nc1ncc(Cl)c(Nc2ccc(Br)cc2P(C)(C)=O)n1. The lowest BCUT2D eigenvalue weighted by molar-refractivity contribution is 0.312. The number of hydrogen-bond donors (Lipinski definition) is 2. The molecule has 0 amide bonds. The van der Waals surface area contributed by atoms with Gasteiger partial charge < -0.3 is 29.7 Å². The van der Waals surface area contributed by atoms with Crippen molar-refractivity contribution in [3.05, 3.63) is 52.1 Å². The summed E-state index contributed by atoms with van der Waals surface area (Å²) in [6.07, 6.45) is 1.53. The van der Waals surface area contributed by atoms with Gasteiger partial charge in [0.2, 0.25) is 5.95 Å². The van der Waals surface area contributed by atoms with E-state index in [1.54, 1.807) is 20.4 Å². The Bertz CT molecular complexity index is 1260. The van der Waals surface area contributed by atoms with Crippen molar-refractivity contribution >= 4 is 68.8 Å². The number of hydrogen-bond acceptors (Lipinski definition) is 8. The summed E-state index contributed by atoms with van der Waals surface area (Å²) in [6, 6.07) is 11.6. The largest absolute Gasteiger partial charge is 0.494 e. The molecule has 0 saturated carbocycles. The van der Waals surface area contributed by atoms with E-state index in [-0.39, 0.29) is 0 Å². The van der Waals surface area contributed by atoms with Crippen molar-refractivity contribution in [1.29, 1.82) is 0 Å².